The van der Waals surface area contributed by atoms with E-state index in [-0.39, 0.29) is 30.8 Å². The first-order chi connectivity index (χ1) is 14.7. The van der Waals surface area contributed by atoms with Gasteiger partial charge in [0.15, 0.2) is 0 Å². The molecule has 1 spiro atoms. The van der Waals surface area contributed by atoms with Crippen molar-refractivity contribution in [3.63, 3.8) is 0 Å². The number of imidazole rings is 1. The highest BCUT2D eigenvalue weighted by atomic mass is 19.1. The minimum atomic E-state index is -0.557. The fourth-order valence-electron chi connectivity index (χ4n) is 6.43. The van der Waals surface area contributed by atoms with Gasteiger partial charge in [-0.3, -0.25) is 9.13 Å². The van der Waals surface area contributed by atoms with Crippen LogP contribution in [0.5, 0.6) is 0 Å². The molecule has 0 amide bonds. The average Bonchev–Trinajstić information content (AvgIpc) is 3.49. The lowest BCUT2D eigenvalue weighted by atomic mass is 9.75. The molecule has 2 aromatic rings. The Hall–Kier alpha value is -1.66. The van der Waals surface area contributed by atoms with Gasteiger partial charge < -0.3 is 10.0 Å². The van der Waals surface area contributed by atoms with Gasteiger partial charge >= 0.3 is 5.69 Å². The van der Waals surface area contributed by atoms with Crippen LogP contribution in [-0.2, 0) is 6.54 Å². The number of hydrogen-bond donors (Lipinski definition) is 1. The molecule has 1 aliphatic heterocycles. The van der Waals surface area contributed by atoms with Crippen LogP contribution in [0.25, 0.3) is 11.0 Å². The van der Waals surface area contributed by atoms with Crippen molar-refractivity contribution in [3.05, 3.63) is 34.7 Å². The number of likely N-dealkylation sites (tertiary alicyclic amines) is 1. The number of para-hydroxylation sites is 2. The zero-order chi connectivity index (χ0) is 20.7. The molecule has 0 bridgehead atoms. The summed E-state index contributed by atoms with van der Waals surface area (Å²) in [6, 6.07) is 7.63. The molecule has 3 aliphatic rings. The molecule has 5 nitrogen and oxygen atoms in total. The molecule has 1 aromatic carbocycles. The van der Waals surface area contributed by atoms with Crippen molar-refractivity contribution in [1.82, 2.24) is 14.0 Å². The highest BCUT2D eigenvalue weighted by molar-refractivity contribution is 5.76. The van der Waals surface area contributed by atoms with Crippen LogP contribution in [0.3, 0.4) is 0 Å². The molecule has 6 heteroatoms. The number of benzene rings is 1. The highest BCUT2D eigenvalue weighted by Crippen LogP contribution is 2.59. The first-order valence-corrected chi connectivity index (χ1v) is 11.8. The van der Waals surface area contributed by atoms with Crippen molar-refractivity contribution in [2.45, 2.75) is 57.5 Å². The van der Waals surface area contributed by atoms with Gasteiger partial charge in [-0.05, 0) is 55.6 Å². The molecule has 0 radical (unpaired) electrons. The molecule has 2 heterocycles. The Morgan fingerprint density at radius 1 is 1.10 bits per heavy atom. The second-order valence-corrected chi connectivity index (χ2v) is 9.85. The Morgan fingerprint density at radius 3 is 2.63 bits per heavy atom. The number of halogens is 1. The maximum Gasteiger partial charge on any atom is 0.329 e. The molecule has 164 valence electrons. The van der Waals surface area contributed by atoms with E-state index < -0.39 is 6.67 Å². The first-order valence-electron chi connectivity index (χ1n) is 11.8. The van der Waals surface area contributed by atoms with Gasteiger partial charge in [-0.1, -0.05) is 25.0 Å². The van der Waals surface area contributed by atoms with Gasteiger partial charge in [-0.15, -0.1) is 0 Å². The normalized spacial score (nSPS) is 28.9. The molecular formula is C24H34FN3O2. The summed E-state index contributed by atoms with van der Waals surface area (Å²) < 4.78 is 16.5. The van der Waals surface area contributed by atoms with Crippen LogP contribution in [0.2, 0.25) is 0 Å². The van der Waals surface area contributed by atoms with Gasteiger partial charge in [0.05, 0.1) is 17.6 Å². The number of hydrogen-bond acceptors (Lipinski definition) is 3. The third kappa shape index (κ3) is 3.42. The third-order valence-electron chi connectivity index (χ3n) is 8.24. The van der Waals surface area contributed by atoms with Gasteiger partial charge in [-0.25, -0.2) is 9.18 Å². The van der Waals surface area contributed by atoms with Crippen molar-refractivity contribution >= 4 is 11.0 Å². The molecule has 3 fully saturated rings. The van der Waals surface area contributed by atoms with E-state index in [9.17, 15) is 14.3 Å². The number of nitrogens with zero attached hydrogens (tertiary/aromatic N) is 3. The summed E-state index contributed by atoms with van der Waals surface area (Å²) in [6.45, 7) is 2.54. The van der Waals surface area contributed by atoms with E-state index in [1.807, 2.05) is 28.8 Å². The lowest BCUT2D eigenvalue weighted by molar-refractivity contribution is 0.0499. The maximum absolute atomic E-state index is 13.2. The molecular weight excluding hydrogens is 381 g/mol. The minimum Gasteiger partial charge on any atom is -0.396 e. The summed E-state index contributed by atoms with van der Waals surface area (Å²) in [7, 11) is 0. The molecule has 0 unspecified atom stereocenters. The van der Waals surface area contributed by atoms with Crippen molar-refractivity contribution < 1.29 is 9.50 Å². The number of alkyl halides is 1. The summed E-state index contributed by atoms with van der Waals surface area (Å²) in [4.78, 5) is 15.7. The van der Waals surface area contributed by atoms with Crippen molar-refractivity contribution in [2.24, 2.45) is 17.3 Å². The van der Waals surface area contributed by atoms with E-state index in [0.29, 0.717) is 5.41 Å². The summed E-state index contributed by atoms with van der Waals surface area (Å²) in [6.07, 6.45) is 9.16. The zero-order valence-electron chi connectivity index (χ0n) is 17.8. The SMILES string of the molecule is O=c1n(CCF)c2ccccc2n1[C@H]1CCN(C[C@H]2CCCCC23CC3)C[C@@H]1CO. The molecule has 2 aliphatic carbocycles. The predicted molar refractivity (Wildman–Crippen MR) is 116 cm³/mol. The number of aryl methyl sites for hydroxylation is 1. The number of aliphatic hydroxyl groups is 1. The molecule has 1 N–H and O–H groups in total. The second-order valence-electron chi connectivity index (χ2n) is 9.85. The molecule has 1 saturated heterocycles. The van der Waals surface area contributed by atoms with Crippen LogP contribution in [0, 0.1) is 17.3 Å². The summed E-state index contributed by atoms with van der Waals surface area (Å²) >= 11 is 0. The largest absolute Gasteiger partial charge is 0.396 e. The molecule has 1 aromatic heterocycles. The van der Waals surface area contributed by atoms with Crippen molar-refractivity contribution in [1.29, 1.82) is 0 Å². The van der Waals surface area contributed by atoms with Crippen molar-refractivity contribution in [3.8, 4) is 0 Å². The van der Waals surface area contributed by atoms with Crippen LogP contribution in [0.1, 0.15) is 51.0 Å². The lowest BCUT2D eigenvalue weighted by Gasteiger charge is -2.42. The van der Waals surface area contributed by atoms with Gasteiger partial charge in [0.25, 0.3) is 0 Å². The Labute approximate surface area is 177 Å². The molecule has 3 atom stereocenters. The lowest BCUT2D eigenvalue weighted by Crippen LogP contribution is -2.47. The Kier molecular flexibility index (Phi) is 5.48. The highest BCUT2D eigenvalue weighted by Gasteiger charge is 2.50. The minimum absolute atomic E-state index is 0.0276. The molecule has 2 saturated carbocycles. The standard InChI is InChI=1S/C24H34FN3O2/c25-12-14-27-21-6-1-2-7-22(21)28(23(27)30)20-8-13-26(15-18(20)17-29)16-19-5-3-4-9-24(19)10-11-24/h1-2,6-7,18-20,29H,3-5,8-17H2/t18-,19-,20+/m1/s1. The van der Waals surface area contributed by atoms with Crippen LogP contribution in [-0.4, -0.2) is 52.1 Å². The quantitative estimate of drug-likeness (QED) is 0.784. The smallest absolute Gasteiger partial charge is 0.329 e. The van der Waals surface area contributed by atoms with E-state index in [1.54, 1.807) is 4.57 Å². The van der Waals surface area contributed by atoms with Gasteiger partial charge in [0, 0.05) is 38.2 Å². The molecule has 30 heavy (non-hydrogen) atoms. The second kappa shape index (κ2) is 8.12. The van der Waals surface area contributed by atoms with Crippen LogP contribution in [0.15, 0.2) is 29.1 Å². The number of fused-ring (bicyclic) bond motifs is 1. The van der Waals surface area contributed by atoms with Crippen LogP contribution < -0.4 is 5.69 Å². The Balaban J connectivity index is 1.38. The summed E-state index contributed by atoms with van der Waals surface area (Å²) in [5.74, 6) is 0.830. The van der Waals surface area contributed by atoms with Crippen molar-refractivity contribution in [2.75, 3.05) is 32.9 Å². The number of aliphatic hydroxyl groups excluding tert-OH is 1. The van der Waals surface area contributed by atoms with Crippen LogP contribution >= 0.6 is 0 Å². The first kappa shape index (κ1) is 20.3. The zero-order valence-corrected chi connectivity index (χ0v) is 17.8. The van der Waals surface area contributed by atoms with Crippen LogP contribution in [0.4, 0.5) is 4.39 Å². The number of piperidine rings is 1. The number of rotatable bonds is 6. The van der Waals surface area contributed by atoms with E-state index in [0.717, 1.165) is 43.0 Å². The topological polar surface area (TPSA) is 50.4 Å². The fourth-order valence-corrected chi connectivity index (χ4v) is 6.43. The average molecular weight is 416 g/mol. The van der Waals surface area contributed by atoms with E-state index in [1.165, 1.54) is 38.5 Å². The van der Waals surface area contributed by atoms with Gasteiger partial charge in [-0.2, -0.15) is 0 Å². The van der Waals surface area contributed by atoms with Gasteiger partial charge in [0.1, 0.15) is 6.67 Å². The fraction of sp³-hybridized carbons (Fsp3) is 0.708. The van der Waals surface area contributed by atoms with E-state index in [4.69, 9.17) is 0 Å². The Morgan fingerprint density at radius 2 is 1.90 bits per heavy atom. The Bertz CT molecular complexity index is 948. The molecule has 5 rings (SSSR count). The third-order valence-corrected chi connectivity index (χ3v) is 8.24. The predicted octanol–water partition coefficient (Wildman–Crippen LogP) is 3.60. The summed E-state index contributed by atoms with van der Waals surface area (Å²) in [5.41, 5.74) is 2.13. The van der Waals surface area contributed by atoms with E-state index >= 15 is 0 Å². The maximum atomic E-state index is 13.2. The monoisotopic (exact) mass is 415 g/mol. The number of aromatic nitrogens is 2. The summed E-state index contributed by atoms with van der Waals surface area (Å²) in [5, 5.41) is 10.2. The van der Waals surface area contributed by atoms with E-state index in [2.05, 4.69) is 4.90 Å². The van der Waals surface area contributed by atoms with Gasteiger partial charge in [0.2, 0.25) is 0 Å².